The molecular formula is C13H18ClN3OS. The lowest BCUT2D eigenvalue weighted by Gasteiger charge is -2.20. The van der Waals surface area contributed by atoms with Crippen molar-refractivity contribution in [2.24, 2.45) is 5.73 Å². The van der Waals surface area contributed by atoms with Gasteiger partial charge in [0.15, 0.2) is 0 Å². The van der Waals surface area contributed by atoms with E-state index in [1.54, 1.807) is 12.1 Å². The van der Waals surface area contributed by atoms with Crippen LogP contribution in [-0.4, -0.2) is 35.4 Å². The number of rotatable bonds is 7. The number of thiocarbonyl (C=S) groups is 1. The molecule has 0 aromatic heterocycles. The fourth-order valence-electron chi connectivity index (χ4n) is 1.71. The molecule has 0 saturated heterocycles. The SMILES string of the molecule is CCCN(CC(=O)Nc1ccccc1Cl)CC(N)=S. The predicted octanol–water partition coefficient (Wildman–Crippen LogP) is 2.28. The van der Waals surface area contributed by atoms with Crippen LogP contribution < -0.4 is 11.1 Å². The molecule has 1 aromatic rings. The van der Waals surface area contributed by atoms with Crippen molar-refractivity contribution in [2.75, 3.05) is 25.0 Å². The Hall–Kier alpha value is -1.17. The second-order valence-corrected chi connectivity index (χ2v) is 5.14. The first kappa shape index (κ1) is 15.9. The van der Waals surface area contributed by atoms with E-state index in [4.69, 9.17) is 29.6 Å². The molecule has 0 atom stereocenters. The average molecular weight is 300 g/mol. The maximum atomic E-state index is 11.9. The molecule has 3 N–H and O–H groups in total. The summed E-state index contributed by atoms with van der Waals surface area (Å²) in [7, 11) is 0. The number of nitrogens with two attached hydrogens (primary N) is 1. The summed E-state index contributed by atoms with van der Waals surface area (Å²) in [6.07, 6.45) is 0.933. The minimum Gasteiger partial charge on any atom is -0.392 e. The van der Waals surface area contributed by atoms with Crippen LogP contribution in [0, 0.1) is 0 Å². The van der Waals surface area contributed by atoms with E-state index in [1.165, 1.54) is 0 Å². The molecule has 0 spiro atoms. The van der Waals surface area contributed by atoms with Crippen LogP contribution in [0.4, 0.5) is 5.69 Å². The predicted molar refractivity (Wildman–Crippen MR) is 83.6 cm³/mol. The summed E-state index contributed by atoms with van der Waals surface area (Å²) in [6, 6.07) is 7.13. The van der Waals surface area contributed by atoms with Gasteiger partial charge in [0.2, 0.25) is 5.91 Å². The van der Waals surface area contributed by atoms with Gasteiger partial charge in [0.1, 0.15) is 0 Å². The van der Waals surface area contributed by atoms with E-state index in [9.17, 15) is 4.79 Å². The van der Waals surface area contributed by atoms with Crippen LogP contribution in [0.15, 0.2) is 24.3 Å². The molecule has 0 radical (unpaired) electrons. The second kappa shape index (κ2) is 8.09. The molecule has 0 fully saturated rings. The van der Waals surface area contributed by atoms with Gasteiger partial charge in [-0.25, -0.2) is 0 Å². The lowest BCUT2D eigenvalue weighted by Crippen LogP contribution is -2.39. The largest absolute Gasteiger partial charge is 0.392 e. The second-order valence-electron chi connectivity index (χ2n) is 4.20. The highest BCUT2D eigenvalue weighted by atomic mass is 35.5. The monoisotopic (exact) mass is 299 g/mol. The van der Waals surface area contributed by atoms with Gasteiger partial charge in [0.05, 0.1) is 22.2 Å². The normalized spacial score (nSPS) is 10.5. The molecule has 0 aliphatic rings. The number of benzene rings is 1. The zero-order valence-electron chi connectivity index (χ0n) is 10.9. The maximum absolute atomic E-state index is 11.9. The van der Waals surface area contributed by atoms with Crippen molar-refractivity contribution in [1.29, 1.82) is 0 Å². The minimum absolute atomic E-state index is 0.127. The van der Waals surface area contributed by atoms with E-state index in [2.05, 4.69) is 5.32 Å². The molecular weight excluding hydrogens is 282 g/mol. The third-order valence-corrected chi connectivity index (χ3v) is 2.89. The highest BCUT2D eigenvalue weighted by molar-refractivity contribution is 7.80. The summed E-state index contributed by atoms with van der Waals surface area (Å²) in [5.41, 5.74) is 6.12. The van der Waals surface area contributed by atoms with Crippen LogP contribution in [0.1, 0.15) is 13.3 Å². The van der Waals surface area contributed by atoms with Gasteiger partial charge < -0.3 is 11.1 Å². The fraction of sp³-hybridized carbons (Fsp3) is 0.385. The van der Waals surface area contributed by atoms with Crippen molar-refractivity contribution >= 4 is 40.4 Å². The van der Waals surface area contributed by atoms with E-state index in [1.807, 2.05) is 24.0 Å². The van der Waals surface area contributed by atoms with Crippen molar-refractivity contribution in [3.05, 3.63) is 29.3 Å². The number of anilines is 1. The van der Waals surface area contributed by atoms with Crippen LogP contribution in [0.2, 0.25) is 5.02 Å². The van der Waals surface area contributed by atoms with Crippen molar-refractivity contribution in [3.63, 3.8) is 0 Å². The van der Waals surface area contributed by atoms with Crippen molar-refractivity contribution < 1.29 is 4.79 Å². The summed E-state index contributed by atoms with van der Waals surface area (Å²) in [6.45, 7) is 3.50. The van der Waals surface area contributed by atoms with Gasteiger partial charge in [0.25, 0.3) is 0 Å². The molecule has 104 valence electrons. The number of carbonyl (C=O) groups excluding carboxylic acids is 1. The number of nitrogens with zero attached hydrogens (tertiary/aromatic N) is 1. The number of carbonyl (C=O) groups is 1. The zero-order chi connectivity index (χ0) is 14.3. The Morgan fingerprint density at radius 2 is 2.11 bits per heavy atom. The Balaban J connectivity index is 2.57. The summed E-state index contributed by atoms with van der Waals surface area (Å²) in [5, 5.41) is 3.30. The van der Waals surface area contributed by atoms with E-state index in [0.29, 0.717) is 22.2 Å². The van der Waals surface area contributed by atoms with Crippen LogP contribution in [0.3, 0.4) is 0 Å². The molecule has 0 saturated carbocycles. The number of para-hydroxylation sites is 1. The Morgan fingerprint density at radius 3 is 2.68 bits per heavy atom. The number of hydrogen-bond donors (Lipinski definition) is 2. The molecule has 1 rings (SSSR count). The Morgan fingerprint density at radius 1 is 1.42 bits per heavy atom. The van der Waals surface area contributed by atoms with Crippen molar-refractivity contribution in [2.45, 2.75) is 13.3 Å². The van der Waals surface area contributed by atoms with Crippen molar-refractivity contribution in [1.82, 2.24) is 4.90 Å². The Bertz CT molecular complexity index is 453. The molecule has 0 unspecified atom stereocenters. The van der Waals surface area contributed by atoms with Gasteiger partial charge in [0, 0.05) is 6.54 Å². The fourth-order valence-corrected chi connectivity index (χ4v) is 2.07. The Kier molecular flexibility index (Phi) is 6.77. The van der Waals surface area contributed by atoms with Crippen LogP contribution >= 0.6 is 23.8 Å². The molecule has 4 nitrogen and oxygen atoms in total. The number of amides is 1. The molecule has 19 heavy (non-hydrogen) atoms. The van der Waals surface area contributed by atoms with Gasteiger partial charge in [-0.15, -0.1) is 0 Å². The van der Waals surface area contributed by atoms with Gasteiger partial charge >= 0.3 is 0 Å². The minimum atomic E-state index is -0.127. The highest BCUT2D eigenvalue weighted by Crippen LogP contribution is 2.20. The highest BCUT2D eigenvalue weighted by Gasteiger charge is 2.12. The topological polar surface area (TPSA) is 58.4 Å². The lowest BCUT2D eigenvalue weighted by atomic mass is 10.3. The molecule has 1 aromatic carbocycles. The smallest absolute Gasteiger partial charge is 0.238 e. The summed E-state index contributed by atoms with van der Waals surface area (Å²) >= 11 is 10.9. The van der Waals surface area contributed by atoms with Crippen molar-refractivity contribution in [3.8, 4) is 0 Å². The van der Waals surface area contributed by atoms with E-state index >= 15 is 0 Å². The lowest BCUT2D eigenvalue weighted by molar-refractivity contribution is -0.117. The van der Waals surface area contributed by atoms with Crippen LogP contribution in [-0.2, 0) is 4.79 Å². The zero-order valence-corrected chi connectivity index (χ0v) is 12.4. The molecule has 1 amide bonds. The summed E-state index contributed by atoms with van der Waals surface area (Å²) in [5.74, 6) is -0.127. The van der Waals surface area contributed by atoms with Gasteiger partial charge in [-0.3, -0.25) is 9.69 Å². The molecule has 0 aliphatic carbocycles. The first-order chi connectivity index (χ1) is 9.02. The number of hydrogen-bond acceptors (Lipinski definition) is 3. The molecule has 6 heteroatoms. The number of halogens is 1. The average Bonchev–Trinajstić information content (AvgIpc) is 2.31. The van der Waals surface area contributed by atoms with Crippen LogP contribution in [0.25, 0.3) is 0 Å². The maximum Gasteiger partial charge on any atom is 0.238 e. The van der Waals surface area contributed by atoms with E-state index < -0.39 is 0 Å². The van der Waals surface area contributed by atoms with Gasteiger partial charge in [-0.05, 0) is 25.1 Å². The van der Waals surface area contributed by atoms with Gasteiger partial charge in [-0.2, -0.15) is 0 Å². The first-order valence-electron chi connectivity index (χ1n) is 6.08. The summed E-state index contributed by atoms with van der Waals surface area (Å²) in [4.78, 5) is 14.2. The molecule has 0 bridgehead atoms. The first-order valence-corrected chi connectivity index (χ1v) is 6.86. The Labute approximate surface area is 123 Å². The standard InChI is InChI=1S/C13H18ClN3OS/c1-2-7-17(8-12(15)19)9-13(18)16-11-6-4-3-5-10(11)14/h3-6H,2,7-9H2,1H3,(H2,15,19)(H,16,18). The van der Waals surface area contributed by atoms with Gasteiger partial charge in [-0.1, -0.05) is 42.9 Å². The third-order valence-electron chi connectivity index (χ3n) is 2.43. The molecule has 0 heterocycles. The molecule has 0 aliphatic heterocycles. The van der Waals surface area contributed by atoms with Crippen LogP contribution in [0.5, 0.6) is 0 Å². The quantitative estimate of drug-likeness (QED) is 0.758. The number of nitrogens with one attached hydrogen (secondary N) is 1. The third kappa shape index (κ3) is 6.00. The van der Waals surface area contributed by atoms with E-state index in [-0.39, 0.29) is 12.5 Å². The summed E-state index contributed by atoms with van der Waals surface area (Å²) < 4.78 is 0. The van der Waals surface area contributed by atoms with E-state index in [0.717, 1.165) is 13.0 Å².